The van der Waals surface area contributed by atoms with E-state index >= 15 is 0 Å². The van der Waals surface area contributed by atoms with E-state index in [2.05, 4.69) is 10.3 Å². The Morgan fingerprint density at radius 1 is 1.24 bits per heavy atom. The molecule has 0 aliphatic heterocycles. The summed E-state index contributed by atoms with van der Waals surface area (Å²) < 4.78 is 0. The van der Waals surface area contributed by atoms with Crippen LogP contribution in [0.15, 0.2) is 42.6 Å². The third-order valence-corrected chi connectivity index (χ3v) is 2.40. The third kappa shape index (κ3) is 2.95. The van der Waals surface area contributed by atoms with E-state index in [9.17, 15) is 4.79 Å². The molecule has 0 aliphatic rings. The number of pyridine rings is 1. The molecule has 0 fully saturated rings. The summed E-state index contributed by atoms with van der Waals surface area (Å²) in [4.78, 5) is 15.6. The second-order valence-corrected chi connectivity index (χ2v) is 3.87. The minimum absolute atomic E-state index is 0.235. The Hall–Kier alpha value is -2.07. The molecule has 0 radical (unpaired) electrons. The van der Waals surface area contributed by atoms with Gasteiger partial charge in [0.15, 0.2) is 0 Å². The van der Waals surface area contributed by atoms with Gasteiger partial charge in [-0.05, 0) is 36.4 Å². The minimum atomic E-state index is -0.235. The molecule has 86 valence electrons. The maximum atomic E-state index is 11.8. The zero-order valence-corrected chi connectivity index (χ0v) is 9.61. The number of hydrogen-bond acceptors (Lipinski definition) is 3. The topological polar surface area (TPSA) is 68.0 Å². The van der Waals surface area contributed by atoms with Gasteiger partial charge in [-0.3, -0.25) is 4.79 Å². The highest BCUT2D eigenvalue weighted by atomic mass is 35.5. The van der Waals surface area contributed by atoms with Crippen molar-refractivity contribution >= 4 is 29.0 Å². The lowest BCUT2D eigenvalue weighted by Crippen LogP contribution is -2.12. The quantitative estimate of drug-likeness (QED) is 0.857. The number of aromatic nitrogens is 1. The molecule has 0 saturated carbocycles. The number of halogens is 1. The maximum absolute atomic E-state index is 11.8. The second kappa shape index (κ2) is 4.84. The van der Waals surface area contributed by atoms with Gasteiger partial charge >= 0.3 is 0 Å². The Morgan fingerprint density at radius 2 is 1.94 bits per heavy atom. The van der Waals surface area contributed by atoms with Crippen molar-refractivity contribution in [3.05, 3.63) is 53.2 Å². The molecule has 2 rings (SSSR count). The van der Waals surface area contributed by atoms with Crippen molar-refractivity contribution in [2.24, 2.45) is 0 Å². The van der Waals surface area contributed by atoms with E-state index in [0.29, 0.717) is 22.1 Å². The van der Waals surface area contributed by atoms with E-state index < -0.39 is 0 Å². The fourth-order valence-corrected chi connectivity index (χ4v) is 1.45. The molecule has 4 nitrogen and oxygen atoms in total. The fraction of sp³-hybridized carbons (Fsp3) is 0. The average molecular weight is 248 g/mol. The fourth-order valence-electron chi connectivity index (χ4n) is 1.33. The van der Waals surface area contributed by atoms with E-state index in [1.54, 1.807) is 30.3 Å². The van der Waals surface area contributed by atoms with E-state index in [0.717, 1.165) is 0 Å². The SMILES string of the molecule is Nc1cc(C(=O)Nc2ccc(Cl)cc2)ccn1. The van der Waals surface area contributed by atoms with Gasteiger partial charge in [-0.25, -0.2) is 4.98 Å². The van der Waals surface area contributed by atoms with Crippen LogP contribution in [0.4, 0.5) is 11.5 Å². The predicted octanol–water partition coefficient (Wildman–Crippen LogP) is 2.57. The molecular weight excluding hydrogens is 238 g/mol. The molecule has 0 atom stereocenters. The standard InChI is InChI=1S/C12H10ClN3O/c13-9-1-3-10(4-2-9)16-12(17)8-5-6-15-11(14)7-8/h1-7H,(H2,14,15)(H,16,17). The maximum Gasteiger partial charge on any atom is 0.255 e. The number of anilines is 2. The first-order chi connectivity index (χ1) is 8.15. The molecule has 0 bridgehead atoms. The van der Waals surface area contributed by atoms with Gasteiger partial charge in [0.25, 0.3) is 5.91 Å². The van der Waals surface area contributed by atoms with E-state index in [4.69, 9.17) is 17.3 Å². The number of hydrogen-bond donors (Lipinski definition) is 2. The number of nitrogens with zero attached hydrogens (tertiary/aromatic N) is 1. The van der Waals surface area contributed by atoms with Crippen LogP contribution in [0.3, 0.4) is 0 Å². The molecule has 0 saturated heterocycles. The third-order valence-electron chi connectivity index (χ3n) is 2.15. The lowest BCUT2D eigenvalue weighted by molar-refractivity contribution is 0.102. The van der Waals surface area contributed by atoms with Gasteiger partial charge < -0.3 is 11.1 Å². The highest BCUT2D eigenvalue weighted by molar-refractivity contribution is 6.30. The molecule has 1 heterocycles. The highest BCUT2D eigenvalue weighted by Crippen LogP contribution is 2.14. The average Bonchev–Trinajstić information content (AvgIpc) is 2.32. The number of benzene rings is 1. The zero-order chi connectivity index (χ0) is 12.3. The van der Waals surface area contributed by atoms with Crippen LogP contribution in [0.5, 0.6) is 0 Å². The molecule has 1 aromatic carbocycles. The van der Waals surface area contributed by atoms with Gasteiger partial charge in [0.05, 0.1) is 0 Å². The summed E-state index contributed by atoms with van der Waals surface area (Å²) in [5, 5.41) is 3.35. The van der Waals surface area contributed by atoms with Crippen LogP contribution < -0.4 is 11.1 Å². The number of carbonyl (C=O) groups is 1. The Kier molecular flexibility index (Phi) is 3.25. The van der Waals surface area contributed by atoms with Crippen molar-refractivity contribution in [3.63, 3.8) is 0 Å². The number of nitrogens with one attached hydrogen (secondary N) is 1. The van der Waals surface area contributed by atoms with Crippen LogP contribution in [-0.2, 0) is 0 Å². The summed E-state index contributed by atoms with van der Waals surface area (Å²) in [6.45, 7) is 0. The van der Waals surface area contributed by atoms with Crippen molar-refractivity contribution in [3.8, 4) is 0 Å². The first-order valence-corrected chi connectivity index (χ1v) is 5.31. The minimum Gasteiger partial charge on any atom is -0.384 e. The van der Waals surface area contributed by atoms with E-state index in [-0.39, 0.29) is 5.91 Å². The number of rotatable bonds is 2. The Labute approximate surface area is 103 Å². The van der Waals surface area contributed by atoms with E-state index in [1.165, 1.54) is 12.3 Å². The molecule has 1 aromatic heterocycles. The number of nitrogens with two attached hydrogens (primary N) is 1. The predicted molar refractivity (Wildman–Crippen MR) is 68.1 cm³/mol. The van der Waals surface area contributed by atoms with Crippen LogP contribution in [0, 0.1) is 0 Å². The zero-order valence-electron chi connectivity index (χ0n) is 8.85. The van der Waals surface area contributed by atoms with Crippen LogP contribution >= 0.6 is 11.6 Å². The summed E-state index contributed by atoms with van der Waals surface area (Å²) in [6.07, 6.45) is 1.49. The first kappa shape index (κ1) is 11.4. The van der Waals surface area contributed by atoms with Gasteiger partial charge in [0.2, 0.25) is 0 Å². The van der Waals surface area contributed by atoms with Crippen molar-refractivity contribution < 1.29 is 4.79 Å². The molecule has 0 unspecified atom stereocenters. The lowest BCUT2D eigenvalue weighted by atomic mass is 10.2. The summed E-state index contributed by atoms with van der Waals surface area (Å²) in [5.41, 5.74) is 6.64. The summed E-state index contributed by atoms with van der Waals surface area (Å²) in [6, 6.07) is 9.98. The summed E-state index contributed by atoms with van der Waals surface area (Å²) >= 11 is 5.75. The first-order valence-electron chi connectivity index (χ1n) is 4.93. The van der Waals surface area contributed by atoms with E-state index in [1.807, 2.05) is 0 Å². The highest BCUT2D eigenvalue weighted by Gasteiger charge is 2.06. The van der Waals surface area contributed by atoms with Crippen LogP contribution in [0.2, 0.25) is 5.02 Å². The molecular formula is C12H10ClN3O. The summed E-state index contributed by atoms with van der Waals surface area (Å²) in [5.74, 6) is 0.0789. The molecule has 3 N–H and O–H groups in total. The van der Waals surface area contributed by atoms with Crippen molar-refractivity contribution in [1.29, 1.82) is 0 Å². The Morgan fingerprint density at radius 3 is 2.59 bits per heavy atom. The van der Waals surface area contributed by atoms with Crippen LogP contribution in [0.1, 0.15) is 10.4 Å². The van der Waals surface area contributed by atoms with Crippen LogP contribution in [-0.4, -0.2) is 10.9 Å². The molecule has 0 aliphatic carbocycles. The molecule has 0 spiro atoms. The van der Waals surface area contributed by atoms with Gasteiger partial charge in [0.1, 0.15) is 5.82 Å². The van der Waals surface area contributed by atoms with Gasteiger partial charge in [0, 0.05) is 22.5 Å². The van der Waals surface area contributed by atoms with Crippen molar-refractivity contribution in [2.45, 2.75) is 0 Å². The molecule has 1 amide bonds. The molecule has 2 aromatic rings. The largest absolute Gasteiger partial charge is 0.384 e. The van der Waals surface area contributed by atoms with Gasteiger partial charge in [-0.2, -0.15) is 0 Å². The lowest BCUT2D eigenvalue weighted by Gasteiger charge is -2.05. The normalized spacial score (nSPS) is 9.94. The van der Waals surface area contributed by atoms with Crippen LogP contribution in [0.25, 0.3) is 0 Å². The monoisotopic (exact) mass is 247 g/mol. The second-order valence-electron chi connectivity index (χ2n) is 3.43. The molecule has 5 heteroatoms. The number of nitrogen functional groups attached to an aromatic ring is 1. The number of amides is 1. The van der Waals surface area contributed by atoms with Crippen molar-refractivity contribution in [1.82, 2.24) is 4.98 Å². The van der Waals surface area contributed by atoms with Crippen molar-refractivity contribution in [2.75, 3.05) is 11.1 Å². The Bertz CT molecular complexity index is 540. The summed E-state index contributed by atoms with van der Waals surface area (Å²) in [7, 11) is 0. The molecule has 17 heavy (non-hydrogen) atoms. The number of carbonyl (C=O) groups excluding carboxylic acids is 1. The smallest absolute Gasteiger partial charge is 0.255 e. The Balaban J connectivity index is 2.14. The van der Waals surface area contributed by atoms with Gasteiger partial charge in [-0.15, -0.1) is 0 Å². The van der Waals surface area contributed by atoms with Gasteiger partial charge in [-0.1, -0.05) is 11.6 Å².